The van der Waals surface area contributed by atoms with Crippen molar-refractivity contribution in [1.29, 1.82) is 0 Å². The first-order valence-corrected chi connectivity index (χ1v) is 11.4. The molecule has 0 radical (unpaired) electrons. The van der Waals surface area contributed by atoms with Crippen molar-refractivity contribution in [3.63, 3.8) is 0 Å². The second-order valence-corrected chi connectivity index (χ2v) is 9.31. The maximum atomic E-state index is 6.75. The fourth-order valence-electron chi connectivity index (χ4n) is 5.28. The molecule has 1 aliphatic carbocycles. The van der Waals surface area contributed by atoms with Crippen LogP contribution in [0.5, 0.6) is 5.75 Å². The number of hydrazone groups is 1. The Morgan fingerprint density at radius 2 is 1.72 bits per heavy atom. The minimum Gasteiger partial charge on any atom is -0.466 e. The number of thiophene rings is 1. The molecular formula is C25H24N2OS. The Morgan fingerprint density at radius 3 is 2.52 bits per heavy atom. The fraction of sp³-hybridized carbons (Fsp3) is 0.320. The Labute approximate surface area is 175 Å². The number of hydrogen-bond acceptors (Lipinski definition) is 4. The largest absolute Gasteiger partial charge is 0.466 e. The van der Waals surface area contributed by atoms with Gasteiger partial charge in [-0.3, -0.25) is 0 Å². The van der Waals surface area contributed by atoms with Crippen LogP contribution in [0.4, 0.5) is 0 Å². The average molecular weight is 401 g/mol. The minimum atomic E-state index is -0.316. The molecule has 1 fully saturated rings. The smallest absolute Gasteiger partial charge is 0.198 e. The molecule has 6 rings (SSSR count). The summed E-state index contributed by atoms with van der Waals surface area (Å²) in [6, 6.07) is 24.1. The molecule has 1 saturated carbocycles. The van der Waals surface area contributed by atoms with Crippen molar-refractivity contribution in [3.05, 3.63) is 88.1 Å². The minimum absolute atomic E-state index is 0.283. The monoisotopic (exact) mass is 400 g/mol. The first-order chi connectivity index (χ1) is 14.3. The Bertz CT molecular complexity index is 1040. The highest BCUT2D eigenvalue weighted by molar-refractivity contribution is 7.12. The molecule has 4 heteroatoms. The van der Waals surface area contributed by atoms with Crippen LogP contribution < -0.4 is 4.74 Å². The van der Waals surface area contributed by atoms with E-state index < -0.39 is 0 Å². The Kier molecular flexibility index (Phi) is 4.01. The van der Waals surface area contributed by atoms with E-state index >= 15 is 0 Å². The first kappa shape index (κ1) is 17.3. The van der Waals surface area contributed by atoms with Crippen molar-refractivity contribution >= 4 is 17.0 Å². The van der Waals surface area contributed by atoms with E-state index in [0.29, 0.717) is 5.92 Å². The predicted molar refractivity (Wildman–Crippen MR) is 118 cm³/mol. The molecule has 29 heavy (non-hydrogen) atoms. The van der Waals surface area contributed by atoms with Crippen LogP contribution in [0.3, 0.4) is 0 Å². The molecule has 3 aliphatic rings. The van der Waals surface area contributed by atoms with E-state index in [4.69, 9.17) is 9.84 Å². The van der Waals surface area contributed by atoms with Gasteiger partial charge in [-0.15, -0.1) is 11.3 Å². The van der Waals surface area contributed by atoms with Crippen LogP contribution in [-0.4, -0.2) is 16.4 Å². The van der Waals surface area contributed by atoms with Crippen LogP contribution in [-0.2, 0) is 0 Å². The summed E-state index contributed by atoms with van der Waals surface area (Å²) in [7, 11) is 0. The van der Waals surface area contributed by atoms with Gasteiger partial charge in [0.05, 0.1) is 16.6 Å². The molecule has 1 aromatic heterocycles. The maximum Gasteiger partial charge on any atom is 0.198 e. The lowest BCUT2D eigenvalue weighted by molar-refractivity contribution is -0.142. The van der Waals surface area contributed by atoms with Crippen molar-refractivity contribution in [3.8, 4) is 5.75 Å². The standard InChI is InChI=1S/C25H24N2OS/c1-2-7-18(8-3-1)19-12-14-25(15-13-19)27-22(20-9-4-5-10-23(20)28-25)17-21(26-27)24-11-6-16-29-24/h1-11,16,19,22H,12-15,17H2/t19?,22-,25?/m1/s1. The summed E-state index contributed by atoms with van der Waals surface area (Å²) in [6.07, 6.45) is 5.26. The van der Waals surface area contributed by atoms with Crippen LogP contribution >= 0.6 is 11.3 Å². The lowest BCUT2D eigenvalue weighted by Gasteiger charge is -2.50. The van der Waals surface area contributed by atoms with Gasteiger partial charge in [0, 0.05) is 24.8 Å². The van der Waals surface area contributed by atoms with E-state index in [1.807, 2.05) is 0 Å². The van der Waals surface area contributed by atoms with Crippen molar-refractivity contribution < 1.29 is 4.74 Å². The number of nitrogens with zero attached hydrogens (tertiary/aromatic N) is 2. The summed E-state index contributed by atoms with van der Waals surface area (Å²) in [5, 5.41) is 9.63. The molecule has 0 unspecified atom stereocenters. The van der Waals surface area contributed by atoms with Gasteiger partial charge in [0.15, 0.2) is 5.72 Å². The summed E-state index contributed by atoms with van der Waals surface area (Å²) in [6.45, 7) is 0. The molecule has 3 aromatic rings. The van der Waals surface area contributed by atoms with Gasteiger partial charge in [-0.1, -0.05) is 54.6 Å². The summed E-state index contributed by atoms with van der Waals surface area (Å²) >= 11 is 1.78. The molecule has 1 spiro atoms. The second kappa shape index (κ2) is 6.74. The van der Waals surface area contributed by atoms with E-state index in [9.17, 15) is 0 Å². The van der Waals surface area contributed by atoms with E-state index in [1.54, 1.807) is 11.3 Å². The summed E-state index contributed by atoms with van der Waals surface area (Å²) < 4.78 is 6.75. The SMILES string of the molecule is c1ccc(C2CCC3(CC2)Oc2ccccc2[C@H]2CC(c4cccs4)=NN23)cc1. The highest BCUT2D eigenvalue weighted by atomic mass is 32.1. The molecular weight excluding hydrogens is 376 g/mol. The summed E-state index contributed by atoms with van der Waals surface area (Å²) in [4.78, 5) is 1.28. The molecule has 0 saturated heterocycles. The van der Waals surface area contributed by atoms with Gasteiger partial charge in [0.2, 0.25) is 0 Å². The van der Waals surface area contributed by atoms with Gasteiger partial charge in [-0.25, -0.2) is 5.01 Å². The highest BCUT2D eigenvalue weighted by Crippen LogP contribution is 2.53. The van der Waals surface area contributed by atoms with Crippen molar-refractivity contribution in [2.45, 2.75) is 49.8 Å². The average Bonchev–Trinajstić information content (AvgIpc) is 3.46. The van der Waals surface area contributed by atoms with Crippen LogP contribution in [0.2, 0.25) is 0 Å². The molecule has 146 valence electrons. The molecule has 3 nitrogen and oxygen atoms in total. The molecule has 1 atom stereocenters. The molecule has 2 aromatic carbocycles. The first-order valence-electron chi connectivity index (χ1n) is 10.6. The van der Waals surface area contributed by atoms with Gasteiger partial charge in [-0.05, 0) is 41.8 Å². The fourth-order valence-corrected chi connectivity index (χ4v) is 6.00. The lowest BCUT2D eigenvalue weighted by Crippen LogP contribution is -2.55. The third-order valence-corrected chi connectivity index (χ3v) is 7.67. The van der Waals surface area contributed by atoms with Crippen LogP contribution in [0.15, 0.2) is 77.2 Å². The molecule has 0 amide bonds. The van der Waals surface area contributed by atoms with Gasteiger partial charge in [0.1, 0.15) is 5.75 Å². The number of hydrogen-bond donors (Lipinski definition) is 0. The second-order valence-electron chi connectivity index (χ2n) is 8.36. The zero-order valence-electron chi connectivity index (χ0n) is 16.3. The van der Waals surface area contributed by atoms with Crippen LogP contribution in [0.1, 0.15) is 60.1 Å². The third-order valence-electron chi connectivity index (χ3n) is 6.75. The number of ether oxygens (including phenoxy) is 1. The van der Waals surface area contributed by atoms with Crippen molar-refractivity contribution in [2.24, 2.45) is 5.10 Å². The molecule has 0 bridgehead atoms. The van der Waals surface area contributed by atoms with E-state index in [2.05, 4.69) is 77.1 Å². The van der Waals surface area contributed by atoms with Crippen molar-refractivity contribution in [2.75, 3.05) is 0 Å². The lowest BCUT2D eigenvalue weighted by atomic mass is 9.78. The Morgan fingerprint density at radius 1 is 0.931 bits per heavy atom. The quantitative estimate of drug-likeness (QED) is 0.501. The van der Waals surface area contributed by atoms with Gasteiger partial charge >= 0.3 is 0 Å². The third kappa shape index (κ3) is 2.81. The zero-order valence-corrected chi connectivity index (χ0v) is 17.1. The van der Waals surface area contributed by atoms with Crippen LogP contribution in [0, 0.1) is 0 Å². The van der Waals surface area contributed by atoms with Gasteiger partial charge in [0.25, 0.3) is 0 Å². The number of rotatable bonds is 2. The Balaban J connectivity index is 1.35. The Hall–Kier alpha value is -2.59. The predicted octanol–water partition coefficient (Wildman–Crippen LogP) is 6.35. The normalized spacial score (nSPS) is 27.9. The topological polar surface area (TPSA) is 24.8 Å². The van der Waals surface area contributed by atoms with Crippen LogP contribution in [0.25, 0.3) is 0 Å². The molecule has 2 aliphatic heterocycles. The summed E-state index contributed by atoms with van der Waals surface area (Å²) in [5.74, 6) is 1.67. The van der Waals surface area contributed by atoms with E-state index in [1.165, 1.54) is 21.7 Å². The number of fused-ring (bicyclic) bond motifs is 4. The van der Waals surface area contributed by atoms with Gasteiger partial charge in [-0.2, -0.15) is 5.10 Å². The zero-order chi connectivity index (χ0) is 19.3. The van der Waals surface area contributed by atoms with Gasteiger partial charge < -0.3 is 4.74 Å². The number of para-hydroxylation sites is 1. The van der Waals surface area contributed by atoms with E-state index in [0.717, 1.165) is 37.9 Å². The molecule has 3 heterocycles. The number of benzene rings is 2. The molecule has 0 N–H and O–H groups in total. The van der Waals surface area contributed by atoms with Crippen molar-refractivity contribution in [1.82, 2.24) is 5.01 Å². The highest BCUT2D eigenvalue weighted by Gasteiger charge is 2.52. The summed E-state index contributed by atoms with van der Waals surface area (Å²) in [5.41, 5.74) is 3.62. The van der Waals surface area contributed by atoms with E-state index in [-0.39, 0.29) is 11.8 Å². The maximum absolute atomic E-state index is 6.75.